The van der Waals surface area contributed by atoms with Crippen LogP contribution in [0.25, 0.3) is 0 Å². The lowest BCUT2D eigenvalue weighted by Gasteiger charge is -2.07. The minimum absolute atomic E-state index is 0.386. The van der Waals surface area contributed by atoms with Gasteiger partial charge < -0.3 is 10.5 Å². The number of hydrogen-bond acceptors (Lipinski definition) is 3. The van der Waals surface area contributed by atoms with E-state index in [1.807, 2.05) is 41.2 Å². The van der Waals surface area contributed by atoms with E-state index in [2.05, 4.69) is 5.10 Å². The summed E-state index contributed by atoms with van der Waals surface area (Å²) < 4.78 is 7.52. The van der Waals surface area contributed by atoms with E-state index < -0.39 is 0 Å². The second-order valence-corrected chi connectivity index (χ2v) is 4.30. The molecule has 2 aromatic rings. The highest BCUT2D eigenvalue weighted by atomic mass is 32.1. The number of hydrogen-bond donors (Lipinski definition) is 1. The van der Waals surface area contributed by atoms with E-state index in [0.717, 1.165) is 24.3 Å². The number of aromatic nitrogens is 2. The molecule has 18 heavy (non-hydrogen) atoms. The van der Waals surface area contributed by atoms with Crippen molar-refractivity contribution in [3.63, 3.8) is 0 Å². The van der Waals surface area contributed by atoms with E-state index in [1.54, 1.807) is 6.20 Å². The molecule has 5 heteroatoms. The first-order valence-corrected chi connectivity index (χ1v) is 6.16. The van der Waals surface area contributed by atoms with Crippen molar-refractivity contribution in [1.82, 2.24) is 9.78 Å². The van der Waals surface area contributed by atoms with Crippen molar-refractivity contribution in [2.45, 2.75) is 13.0 Å². The Kier molecular flexibility index (Phi) is 4.30. The maximum absolute atomic E-state index is 5.64. The molecule has 0 unspecified atom stereocenters. The van der Waals surface area contributed by atoms with Crippen LogP contribution in [-0.4, -0.2) is 21.4 Å². The van der Waals surface area contributed by atoms with Crippen molar-refractivity contribution in [3.8, 4) is 5.75 Å². The van der Waals surface area contributed by atoms with E-state index in [-0.39, 0.29) is 0 Å². The molecule has 0 spiro atoms. The van der Waals surface area contributed by atoms with Crippen molar-refractivity contribution < 1.29 is 4.74 Å². The van der Waals surface area contributed by atoms with E-state index in [9.17, 15) is 0 Å². The summed E-state index contributed by atoms with van der Waals surface area (Å²) in [6, 6.07) is 9.43. The number of nitrogens with two attached hydrogens (primary N) is 1. The SMILES string of the molecule is NC(=S)c1cccc(OCCCn2cccn2)c1. The Morgan fingerprint density at radius 2 is 2.28 bits per heavy atom. The zero-order valence-electron chi connectivity index (χ0n) is 9.95. The normalized spacial score (nSPS) is 10.2. The van der Waals surface area contributed by atoms with Gasteiger partial charge in [-0.2, -0.15) is 5.10 Å². The molecule has 0 radical (unpaired) electrons. The number of thiocarbonyl (C=S) groups is 1. The van der Waals surface area contributed by atoms with Gasteiger partial charge in [0.15, 0.2) is 0 Å². The molecule has 0 amide bonds. The van der Waals surface area contributed by atoms with Crippen LogP contribution in [0, 0.1) is 0 Å². The van der Waals surface area contributed by atoms with Crippen LogP contribution in [-0.2, 0) is 6.54 Å². The topological polar surface area (TPSA) is 53.1 Å². The third-order valence-electron chi connectivity index (χ3n) is 2.48. The average molecular weight is 261 g/mol. The first-order chi connectivity index (χ1) is 8.75. The number of aryl methyl sites for hydroxylation is 1. The lowest BCUT2D eigenvalue weighted by molar-refractivity contribution is 0.298. The van der Waals surface area contributed by atoms with E-state index >= 15 is 0 Å². The second-order valence-electron chi connectivity index (χ2n) is 3.86. The molecule has 94 valence electrons. The van der Waals surface area contributed by atoms with Crippen molar-refractivity contribution in [2.24, 2.45) is 5.73 Å². The zero-order valence-corrected chi connectivity index (χ0v) is 10.8. The first-order valence-electron chi connectivity index (χ1n) is 5.76. The molecule has 2 N–H and O–H groups in total. The minimum Gasteiger partial charge on any atom is -0.494 e. The van der Waals surface area contributed by atoms with Crippen LogP contribution in [0.15, 0.2) is 42.7 Å². The van der Waals surface area contributed by atoms with Gasteiger partial charge in [-0.15, -0.1) is 0 Å². The third kappa shape index (κ3) is 3.56. The monoisotopic (exact) mass is 261 g/mol. The quantitative estimate of drug-likeness (QED) is 0.638. The summed E-state index contributed by atoms with van der Waals surface area (Å²) in [4.78, 5) is 0.386. The molecule has 0 fully saturated rings. The maximum atomic E-state index is 5.64. The van der Waals surface area contributed by atoms with E-state index in [4.69, 9.17) is 22.7 Å². The van der Waals surface area contributed by atoms with Crippen LogP contribution in [0.3, 0.4) is 0 Å². The van der Waals surface area contributed by atoms with Gasteiger partial charge in [-0.25, -0.2) is 0 Å². The fourth-order valence-corrected chi connectivity index (χ4v) is 1.72. The summed E-state index contributed by atoms with van der Waals surface area (Å²) >= 11 is 4.92. The summed E-state index contributed by atoms with van der Waals surface area (Å²) in [5.41, 5.74) is 6.39. The molecule has 1 aromatic carbocycles. The third-order valence-corrected chi connectivity index (χ3v) is 2.71. The van der Waals surface area contributed by atoms with Gasteiger partial charge in [0.2, 0.25) is 0 Å². The van der Waals surface area contributed by atoms with Crippen molar-refractivity contribution in [1.29, 1.82) is 0 Å². The van der Waals surface area contributed by atoms with Gasteiger partial charge in [0.25, 0.3) is 0 Å². The molecule has 0 saturated carbocycles. The van der Waals surface area contributed by atoms with Crippen LogP contribution < -0.4 is 10.5 Å². The molecule has 4 nitrogen and oxygen atoms in total. The van der Waals surface area contributed by atoms with Gasteiger partial charge in [-0.1, -0.05) is 24.4 Å². The van der Waals surface area contributed by atoms with Crippen molar-refractivity contribution in [2.75, 3.05) is 6.61 Å². The van der Waals surface area contributed by atoms with Crippen LogP contribution in [0.4, 0.5) is 0 Å². The average Bonchev–Trinajstić information content (AvgIpc) is 2.88. The molecule has 2 rings (SSSR count). The van der Waals surface area contributed by atoms with Crippen LogP contribution in [0.5, 0.6) is 5.75 Å². The smallest absolute Gasteiger partial charge is 0.119 e. The Labute approximate surface area is 111 Å². The fraction of sp³-hybridized carbons (Fsp3) is 0.231. The Hall–Kier alpha value is -1.88. The van der Waals surface area contributed by atoms with E-state index in [1.165, 1.54) is 0 Å². The van der Waals surface area contributed by atoms with Crippen molar-refractivity contribution in [3.05, 3.63) is 48.3 Å². The Bertz CT molecular complexity index is 511. The maximum Gasteiger partial charge on any atom is 0.119 e. The van der Waals surface area contributed by atoms with E-state index in [0.29, 0.717) is 11.6 Å². The van der Waals surface area contributed by atoms with Gasteiger partial charge in [-0.05, 0) is 18.2 Å². The molecular formula is C13H15N3OS. The van der Waals surface area contributed by atoms with Gasteiger partial charge in [0.1, 0.15) is 10.7 Å². The summed E-state index contributed by atoms with van der Waals surface area (Å²) in [7, 11) is 0. The Morgan fingerprint density at radius 3 is 3.00 bits per heavy atom. The fourth-order valence-electron chi connectivity index (χ4n) is 1.59. The van der Waals surface area contributed by atoms with Crippen molar-refractivity contribution >= 4 is 17.2 Å². The predicted octanol–water partition coefficient (Wildman–Crippen LogP) is 1.99. The number of rotatable bonds is 6. The minimum atomic E-state index is 0.386. The van der Waals surface area contributed by atoms with Gasteiger partial charge in [-0.3, -0.25) is 4.68 Å². The number of nitrogens with zero attached hydrogens (tertiary/aromatic N) is 2. The lowest BCUT2D eigenvalue weighted by Crippen LogP contribution is -2.09. The van der Waals surface area contributed by atoms with Crippen LogP contribution >= 0.6 is 12.2 Å². The highest BCUT2D eigenvalue weighted by molar-refractivity contribution is 7.80. The zero-order chi connectivity index (χ0) is 12.8. The molecule has 0 aliphatic heterocycles. The summed E-state index contributed by atoms with van der Waals surface area (Å²) in [5.74, 6) is 0.792. The van der Waals surface area contributed by atoms with Gasteiger partial charge in [0, 0.05) is 30.9 Å². The van der Waals surface area contributed by atoms with Crippen LogP contribution in [0.1, 0.15) is 12.0 Å². The standard InChI is InChI=1S/C13H15N3OS/c14-13(18)11-4-1-5-12(10-11)17-9-3-8-16-7-2-6-15-16/h1-2,4-7,10H,3,8-9H2,(H2,14,18). The first kappa shape index (κ1) is 12.6. The molecular weight excluding hydrogens is 246 g/mol. The lowest BCUT2D eigenvalue weighted by atomic mass is 10.2. The molecule has 0 atom stereocenters. The Balaban J connectivity index is 1.79. The largest absolute Gasteiger partial charge is 0.494 e. The highest BCUT2D eigenvalue weighted by Gasteiger charge is 1.99. The summed E-state index contributed by atoms with van der Waals surface area (Å²) in [6.07, 6.45) is 4.61. The molecule has 1 heterocycles. The van der Waals surface area contributed by atoms with Gasteiger partial charge in [0.05, 0.1) is 6.61 Å². The summed E-state index contributed by atoms with van der Waals surface area (Å²) in [6.45, 7) is 1.49. The highest BCUT2D eigenvalue weighted by Crippen LogP contribution is 2.13. The Morgan fingerprint density at radius 1 is 1.39 bits per heavy atom. The van der Waals surface area contributed by atoms with Gasteiger partial charge >= 0.3 is 0 Å². The number of benzene rings is 1. The predicted molar refractivity (Wildman–Crippen MR) is 74.7 cm³/mol. The number of ether oxygens (including phenoxy) is 1. The molecule has 0 bridgehead atoms. The molecule has 0 aliphatic rings. The second kappa shape index (κ2) is 6.16. The molecule has 1 aromatic heterocycles. The molecule has 0 saturated heterocycles. The molecule has 0 aliphatic carbocycles. The van der Waals surface area contributed by atoms with Crippen LogP contribution in [0.2, 0.25) is 0 Å². The summed E-state index contributed by atoms with van der Waals surface area (Å²) in [5, 5.41) is 4.13.